The third-order valence-corrected chi connectivity index (χ3v) is 3.58. The number of carbonyl (C=O) groups excluding carboxylic acids is 1. The van der Waals surface area contributed by atoms with E-state index in [9.17, 15) is 4.79 Å². The molecule has 0 spiro atoms. The van der Waals surface area contributed by atoms with Gasteiger partial charge in [0.25, 0.3) is 0 Å². The molecule has 98 valence electrons. The van der Waals surface area contributed by atoms with E-state index in [2.05, 4.69) is 16.4 Å². The molecule has 0 aromatic carbocycles. The lowest BCUT2D eigenvalue weighted by Gasteiger charge is -2.27. The third kappa shape index (κ3) is 3.53. The lowest BCUT2D eigenvalue weighted by molar-refractivity contribution is -0.146. The Labute approximate surface area is 108 Å². The topological polar surface area (TPSA) is 51.2 Å². The fraction of sp³-hybridized carbons (Fsp3) is 0.571. The van der Waals surface area contributed by atoms with Gasteiger partial charge in [-0.3, -0.25) is 9.78 Å². The summed E-state index contributed by atoms with van der Waals surface area (Å²) >= 11 is 0. The van der Waals surface area contributed by atoms with Crippen LogP contribution in [0.1, 0.15) is 31.2 Å². The third-order valence-electron chi connectivity index (χ3n) is 3.58. The van der Waals surface area contributed by atoms with Crippen LogP contribution in [0.2, 0.25) is 0 Å². The maximum Gasteiger partial charge on any atom is 0.308 e. The first-order valence-corrected chi connectivity index (χ1v) is 6.49. The summed E-state index contributed by atoms with van der Waals surface area (Å²) in [6, 6.07) is 4.52. The number of nitrogens with one attached hydrogen (secondary N) is 1. The molecule has 1 aliphatic rings. The van der Waals surface area contributed by atoms with Crippen molar-refractivity contribution in [3.05, 3.63) is 30.1 Å². The Kier molecular flexibility index (Phi) is 4.70. The van der Waals surface area contributed by atoms with Crippen molar-refractivity contribution in [2.75, 3.05) is 7.11 Å². The van der Waals surface area contributed by atoms with Gasteiger partial charge >= 0.3 is 5.97 Å². The predicted octanol–water partition coefficient (Wildman–Crippen LogP) is 1.90. The van der Waals surface area contributed by atoms with Crippen LogP contribution in [0.4, 0.5) is 0 Å². The number of hydrogen-bond acceptors (Lipinski definition) is 4. The molecule has 0 aliphatic heterocycles. The summed E-state index contributed by atoms with van der Waals surface area (Å²) in [5.41, 5.74) is 1.20. The van der Waals surface area contributed by atoms with Crippen molar-refractivity contribution in [3.63, 3.8) is 0 Å². The van der Waals surface area contributed by atoms with Gasteiger partial charge in [-0.15, -0.1) is 0 Å². The zero-order valence-corrected chi connectivity index (χ0v) is 10.8. The molecule has 1 aromatic rings. The van der Waals surface area contributed by atoms with Gasteiger partial charge in [0.2, 0.25) is 0 Å². The molecule has 1 N–H and O–H groups in total. The second-order valence-electron chi connectivity index (χ2n) is 4.81. The monoisotopic (exact) mass is 248 g/mol. The van der Waals surface area contributed by atoms with Gasteiger partial charge in [0.1, 0.15) is 0 Å². The highest BCUT2D eigenvalue weighted by Gasteiger charge is 2.26. The van der Waals surface area contributed by atoms with Crippen molar-refractivity contribution >= 4 is 5.97 Å². The van der Waals surface area contributed by atoms with E-state index in [0.717, 1.165) is 32.2 Å². The number of esters is 1. The number of methoxy groups -OCH3 is 1. The number of hydrogen-bond donors (Lipinski definition) is 1. The molecule has 1 heterocycles. The van der Waals surface area contributed by atoms with Crippen LogP contribution in [-0.2, 0) is 16.1 Å². The van der Waals surface area contributed by atoms with Crippen molar-refractivity contribution in [3.8, 4) is 0 Å². The minimum absolute atomic E-state index is 0.0549. The van der Waals surface area contributed by atoms with Crippen molar-refractivity contribution in [1.82, 2.24) is 10.3 Å². The van der Waals surface area contributed by atoms with E-state index in [1.165, 1.54) is 12.7 Å². The van der Waals surface area contributed by atoms with Crippen molar-refractivity contribution in [2.45, 2.75) is 38.3 Å². The Morgan fingerprint density at radius 2 is 2.22 bits per heavy atom. The van der Waals surface area contributed by atoms with Crippen LogP contribution in [0.5, 0.6) is 0 Å². The zero-order chi connectivity index (χ0) is 12.8. The lowest BCUT2D eigenvalue weighted by Crippen LogP contribution is -2.34. The van der Waals surface area contributed by atoms with Gasteiger partial charge in [0.15, 0.2) is 0 Å². The van der Waals surface area contributed by atoms with Crippen LogP contribution in [0.3, 0.4) is 0 Å². The maximum atomic E-state index is 11.4. The number of nitrogens with zero attached hydrogens (tertiary/aromatic N) is 1. The summed E-state index contributed by atoms with van der Waals surface area (Å²) in [5, 5.41) is 3.52. The first-order chi connectivity index (χ1) is 8.79. The smallest absolute Gasteiger partial charge is 0.308 e. The molecule has 0 bridgehead atoms. The predicted molar refractivity (Wildman–Crippen MR) is 68.8 cm³/mol. The van der Waals surface area contributed by atoms with E-state index < -0.39 is 0 Å². The molecule has 4 nitrogen and oxygen atoms in total. The number of ether oxygens (including phenoxy) is 1. The molecule has 0 radical (unpaired) electrons. The Bertz CT molecular complexity index is 373. The van der Waals surface area contributed by atoms with Gasteiger partial charge in [-0.05, 0) is 37.3 Å². The van der Waals surface area contributed by atoms with E-state index in [1.54, 1.807) is 6.20 Å². The minimum atomic E-state index is -0.0549. The molecule has 0 atom stereocenters. The van der Waals surface area contributed by atoms with Crippen LogP contribution >= 0.6 is 0 Å². The molecule has 1 aromatic heterocycles. The normalized spacial score (nSPS) is 23.6. The van der Waals surface area contributed by atoms with E-state index in [0.29, 0.717) is 6.04 Å². The molecule has 0 amide bonds. The molecular formula is C14H20N2O2. The highest BCUT2D eigenvalue weighted by molar-refractivity contribution is 5.72. The molecule has 0 unspecified atom stereocenters. The van der Waals surface area contributed by atoms with Crippen LogP contribution < -0.4 is 5.32 Å². The second-order valence-corrected chi connectivity index (χ2v) is 4.81. The average Bonchev–Trinajstić information content (AvgIpc) is 2.46. The highest BCUT2D eigenvalue weighted by atomic mass is 16.5. The van der Waals surface area contributed by atoms with Crippen LogP contribution in [0, 0.1) is 5.92 Å². The minimum Gasteiger partial charge on any atom is -0.469 e. The van der Waals surface area contributed by atoms with E-state index >= 15 is 0 Å². The van der Waals surface area contributed by atoms with E-state index in [1.807, 2.05) is 12.3 Å². The molecule has 1 aliphatic carbocycles. The largest absolute Gasteiger partial charge is 0.469 e. The van der Waals surface area contributed by atoms with Crippen LogP contribution in [-0.4, -0.2) is 24.1 Å². The van der Waals surface area contributed by atoms with E-state index in [4.69, 9.17) is 4.74 Å². The summed E-state index contributed by atoms with van der Waals surface area (Å²) < 4.78 is 4.79. The number of pyridine rings is 1. The van der Waals surface area contributed by atoms with Crippen molar-refractivity contribution in [2.24, 2.45) is 5.92 Å². The standard InChI is InChI=1S/C14H20N2O2/c1-18-14(17)12-4-6-13(7-5-12)16-10-11-3-2-8-15-9-11/h2-3,8-9,12-13,16H,4-7,10H2,1H3. The van der Waals surface area contributed by atoms with Crippen molar-refractivity contribution < 1.29 is 9.53 Å². The summed E-state index contributed by atoms with van der Waals surface area (Å²) in [6.07, 6.45) is 7.60. The number of carbonyl (C=O) groups is 1. The molecule has 0 saturated heterocycles. The van der Waals surface area contributed by atoms with Gasteiger partial charge in [-0.2, -0.15) is 0 Å². The summed E-state index contributed by atoms with van der Waals surface area (Å²) in [5.74, 6) is 0.0483. The average molecular weight is 248 g/mol. The first-order valence-electron chi connectivity index (χ1n) is 6.49. The molecule has 2 rings (SSSR count). The van der Waals surface area contributed by atoms with Gasteiger partial charge in [0, 0.05) is 25.0 Å². The fourth-order valence-corrected chi connectivity index (χ4v) is 2.46. The van der Waals surface area contributed by atoms with Crippen LogP contribution in [0.25, 0.3) is 0 Å². The summed E-state index contributed by atoms with van der Waals surface area (Å²) in [6.45, 7) is 0.849. The number of rotatable bonds is 4. The Morgan fingerprint density at radius 1 is 1.44 bits per heavy atom. The Morgan fingerprint density at radius 3 is 2.83 bits per heavy atom. The van der Waals surface area contributed by atoms with Crippen LogP contribution in [0.15, 0.2) is 24.5 Å². The summed E-state index contributed by atoms with van der Waals surface area (Å²) in [4.78, 5) is 15.5. The molecular weight excluding hydrogens is 228 g/mol. The Balaban J connectivity index is 1.72. The van der Waals surface area contributed by atoms with Gasteiger partial charge in [-0.1, -0.05) is 6.07 Å². The SMILES string of the molecule is COC(=O)C1CCC(NCc2cccnc2)CC1. The molecule has 4 heteroatoms. The zero-order valence-electron chi connectivity index (χ0n) is 10.8. The molecule has 1 saturated carbocycles. The fourth-order valence-electron chi connectivity index (χ4n) is 2.46. The quantitative estimate of drug-likeness (QED) is 0.827. The molecule has 1 fully saturated rings. The van der Waals surface area contributed by atoms with E-state index in [-0.39, 0.29) is 11.9 Å². The van der Waals surface area contributed by atoms with Gasteiger partial charge in [0.05, 0.1) is 13.0 Å². The maximum absolute atomic E-state index is 11.4. The number of aromatic nitrogens is 1. The lowest BCUT2D eigenvalue weighted by atomic mass is 9.86. The van der Waals surface area contributed by atoms with Gasteiger partial charge < -0.3 is 10.1 Å². The van der Waals surface area contributed by atoms with Gasteiger partial charge in [-0.25, -0.2) is 0 Å². The molecule has 18 heavy (non-hydrogen) atoms. The van der Waals surface area contributed by atoms with Crippen molar-refractivity contribution in [1.29, 1.82) is 0 Å². The second kappa shape index (κ2) is 6.50. The Hall–Kier alpha value is -1.42. The highest BCUT2D eigenvalue weighted by Crippen LogP contribution is 2.25. The first kappa shape index (κ1) is 13.0. The summed E-state index contributed by atoms with van der Waals surface area (Å²) in [7, 11) is 1.47.